The Bertz CT molecular complexity index is 343. The Balaban J connectivity index is 2.18. The van der Waals surface area contributed by atoms with E-state index in [4.69, 9.17) is 10.00 Å². The molecule has 1 aliphatic carbocycles. The summed E-state index contributed by atoms with van der Waals surface area (Å²) in [6.07, 6.45) is 6.79. The maximum Gasteiger partial charge on any atom is 0.0967 e. The van der Waals surface area contributed by atoms with Gasteiger partial charge in [0.25, 0.3) is 0 Å². The zero-order valence-electron chi connectivity index (χ0n) is 11.7. The highest BCUT2D eigenvalue weighted by atomic mass is 28.3. The molecule has 0 amide bonds. The zero-order valence-corrected chi connectivity index (χ0v) is 12.7. The van der Waals surface area contributed by atoms with Crippen molar-refractivity contribution in [3.05, 3.63) is 0 Å². The summed E-state index contributed by atoms with van der Waals surface area (Å²) in [6.45, 7) is 9.59. The molecule has 17 heavy (non-hydrogen) atoms. The maximum absolute atomic E-state index is 8.85. The summed E-state index contributed by atoms with van der Waals surface area (Å²) in [6, 6.07) is 2.32. The van der Waals surface area contributed by atoms with Crippen molar-refractivity contribution in [3.63, 3.8) is 0 Å². The van der Waals surface area contributed by atoms with E-state index in [0.29, 0.717) is 12.1 Å². The SMILES string of the molecule is C[C@]1(CCC#N)CCCCC12OC2[Si](C)(C)C. The predicted octanol–water partition coefficient (Wildman–Crippen LogP) is 3.89. The minimum absolute atomic E-state index is 0.145. The van der Waals surface area contributed by atoms with Crippen LogP contribution in [0.3, 0.4) is 0 Å². The summed E-state index contributed by atoms with van der Waals surface area (Å²) in [5.74, 6) is 0. The van der Waals surface area contributed by atoms with E-state index in [-0.39, 0.29) is 11.0 Å². The second-order valence-corrected chi connectivity index (χ2v) is 12.4. The summed E-state index contributed by atoms with van der Waals surface area (Å²) in [5, 5.41) is 8.85. The summed E-state index contributed by atoms with van der Waals surface area (Å²) in [5.41, 5.74) is 0.928. The van der Waals surface area contributed by atoms with Crippen LogP contribution in [0.15, 0.2) is 0 Å². The van der Waals surface area contributed by atoms with Gasteiger partial charge in [-0.15, -0.1) is 0 Å². The molecule has 2 unspecified atom stereocenters. The van der Waals surface area contributed by atoms with Gasteiger partial charge in [-0.1, -0.05) is 39.4 Å². The van der Waals surface area contributed by atoms with Crippen LogP contribution < -0.4 is 0 Å². The van der Waals surface area contributed by atoms with Crippen molar-refractivity contribution < 1.29 is 4.74 Å². The van der Waals surface area contributed by atoms with E-state index in [0.717, 1.165) is 6.42 Å². The first-order chi connectivity index (χ1) is 7.86. The molecule has 2 nitrogen and oxygen atoms in total. The van der Waals surface area contributed by atoms with Crippen molar-refractivity contribution in [2.45, 2.75) is 76.4 Å². The van der Waals surface area contributed by atoms with Crippen molar-refractivity contribution in [2.24, 2.45) is 5.41 Å². The fourth-order valence-corrected chi connectivity index (χ4v) is 6.24. The van der Waals surface area contributed by atoms with Crippen LogP contribution in [0.5, 0.6) is 0 Å². The lowest BCUT2D eigenvalue weighted by molar-refractivity contribution is 0.0608. The summed E-state index contributed by atoms with van der Waals surface area (Å²) < 4.78 is 6.27. The number of nitriles is 1. The van der Waals surface area contributed by atoms with Crippen LogP contribution in [-0.2, 0) is 4.74 Å². The average molecular weight is 251 g/mol. The van der Waals surface area contributed by atoms with Crippen molar-refractivity contribution >= 4 is 8.07 Å². The maximum atomic E-state index is 8.85. The van der Waals surface area contributed by atoms with Crippen LogP contribution in [0.2, 0.25) is 19.6 Å². The van der Waals surface area contributed by atoms with Crippen molar-refractivity contribution in [1.29, 1.82) is 5.26 Å². The van der Waals surface area contributed by atoms with Crippen molar-refractivity contribution in [2.75, 3.05) is 0 Å². The molecular weight excluding hydrogens is 226 g/mol. The van der Waals surface area contributed by atoms with Crippen LogP contribution in [0, 0.1) is 16.7 Å². The molecule has 0 N–H and O–H groups in total. The molecule has 3 heteroatoms. The van der Waals surface area contributed by atoms with E-state index in [1.165, 1.54) is 25.7 Å². The number of ether oxygens (including phenoxy) is 1. The number of rotatable bonds is 3. The molecule has 96 valence electrons. The van der Waals surface area contributed by atoms with E-state index in [2.05, 4.69) is 32.6 Å². The van der Waals surface area contributed by atoms with E-state index < -0.39 is 8.07 Å². The molecule has 1 saturated carbocycles. The predicted molar refractivity (Wildman–Crippen MR) is 72.4 cm³/mol. The van der Waals surface area contributed by atoms with Gasteiger partial charge in [-0.3, -0.25) is 0 Å². The molecular formula is C14H25NOSi. The molecule has 0 aromatic rings. The minimum atomic E-state index is -1.22. The third-order valence-corrected chi connectivity index (χ3v) is 6.98. The van der Waals surface area contributed by atoms with E-state index >= 15 is 0 Å². The molecule has 0 bridgehead atoms. The first kappa shape index (κ1) is 13.1. The van der Waals surface area contributed by atoms with Gasteiger partial charge in [-0.05, 0) is 24.7 Å². The Morgan fingerprint density at radius 2 is 1.94 bits per heavy atom. The number of nitrogens with zero attached hydrogens (tertiary/aromatic N) is 1. The number of hydrogen-bond donors (Lipinski definition) is 0. The first-order valence-electron chi connectivity index (χ1n) is 6.90. The third-order valence-electron chi connectivity index (χ3n) is 4.82. The Hall–Kier alpha value is -0.333. The topological polar surface area (TPSA) is 36.3 Å². The molecule has 2 fully saturated rings. The second kappa shape index (κ2) is 4.10. The van der Waals surface area contributed by atoms with E-state index in [1.807, 2.05) is 0 Å². The Morgan fingerprint density at radius 3 is 2.47 bits per heavy atom. The number of epoxide rings is 1. The highest BCUT2D eigenvalue weighted by Crippen LogP contribution is 2.62. The van der Waals surface area contributed by atoms with Gasteiger partial charge in [0.15, 0.2) is 0 Å². The van der Waals surface area contributed by atoms with Crippen molar-refractivity contribution in [1.82, 2.24) is 0 Å². The molecule has 1 aliphatic heterocycles. The molecule has 1 heterocycles. The van der Waals surface area contributed by atoms with Gasteiger partial charge >= 0.3 is 0 Å². The summed E-state index contributed by atoms with van der Waals surface area (Å²) in [7, 11) is -1.22. The van der Waals surface area contributed by atoms with Gasteiger partial charge < -0.3 is 4.74 Å². The fraction of sp³-hybridized carbons (Fsp3) is 0.929. The average Bonchev–Trinajstić information content (AvgIpc) is 2.97. The normalized spacial score (nSPS) is 41.2. The third kappa shape index (κ3) is 2.06. The Kier molecular flexibility index (Phi) is 3.16. The van der Waals surface area contributed by atoms with Crippen molar-refractivity contribution in [3.8, 4) is 6.07 Å². The van der Waals surface area contributed by atoms with E-state index in [1.54, 1.807) is 0 Å². The lowest BCUT2D eigenvalue weighted by Crippen LogP contribution is -2.46. The van der Waals surface area contributed by atoms with Gasteiger partial charge in [-0.2, -0.15) is 5.26 Å². The molecule has 0 radical (unpaired) electrons. The Morgan fingerprint density at radius 1 is 1.29 bits per heavy atom. The lowest BCUT2D eigenvalue weighted by atomic mass is 9.65. The minimum Gasteiger partial charge on any atom is -0.369 e. The lowest BCUT2D eigenvalue weighted by Gasteiger charge is -2.41. The largest absolute Gasteiger partial charge is 0.369 e. The fourth-order valence-electron chi connectivity index (χ4n) is 3.79. The standard InChI is InChI=1S/C14H25NOSi/c1-13(9-7-11-15)8-5-6-10-14(13)12(16-14)17(2,3)4/h12H,5-10H2,1-4H3/t12?,13-,14?/m1/s1. The molecule has 3 atom stereocenters. The van der Waals surface area contributed by atoms with Gasteiger partial charge in [-0.25, -0.2) is 0 Å². The van der Waals surface area contributed by atoms with Crippen LogP contribution >= 0.6 is 0 Å². The molecule has 2 rings (SSSR count). The molecule has 1 saturated heterocycles. The van der Waals surface area contributed by atoms with Gasteiger partial charge in [0.05, 0.1) is 25.5 Å². The molecule has 1 spiro atoms. The Labute approximate surface area is 106 Å². The second-order valence-electron chi connectivity index (χ2n) is 7.18. The van der Waals surface area contributed by atoms with Gasteiger partial charge in [0.2, 0.25) is 0 Å². The highest BCUT2D eigenvalue weighted by molar-refractivity contribution is 6.78. The smallest absolute Gasteiger partial charge is 0.0967 e. The summed E-state index contributed by atoms with van der Waals surface area (Å²) in [4.78, 5) is 0. The number of hydrogen-bond acceptors (Lipinski definition) is 2. The monoisotopic (exact) mass is 251 g/mol. The van der Waals surface area contributed by atoms with Crippen LogP contribution in [0.4, 0.5) is 0 Å². The molecule has 2 aliphatic rings. The van der Waals surface area contributed by atoms with Gasteiger partial charge in [0.1, 0.15) is 0 Å². The van der Waals surface area contributed by atoms with Crippen LogP contribution in [-0.4, -0.2) is 19.4 Å². The zero-order chi connectivity index (χ0) is 12.7. The first-order valence-corrected chi connectivity index (χ1v) is 10.5. The molecule has 0 aromatic carbocycles. The molecule has 0 aromatic heterocycles. The van der Waals surface area contributed by atoms with Crippen LogP contribution in [0.25, 0.3) is 0 Å². The van der Waals surface area contributed by atoms with Crippen LogP contribution in [0.1, 0.15) is 45.4 Å². The highest BCUT2D eigenvalue weighted by Gasteiger charge is 2.69. The summed E-state index contributed by atoms with van der Waals surface area (Å²) >= 11 is 0. The quantitative estimate of drug-likeness (QED) is 0.563. The van der Waals surface area contributed by atoms with Gasteiger partial charge in [0, 0.05) is 6.42 Å². The van der Waals surface area contributed by atoms with E-state index in [9.17, 15) is 0 Å².